The van der Waals surface area contributed by atoms with E-state index in [4.69, 9.17) is 0 Å². The highest BCUT2D eigenvalue weighted by atomic mass is 32.1. The van der Waals surface area contributed by atoms with Gasteiger partial charge in [0.2, 0.25) is 5.91 Å². The van der Waals surface area contributed by atoms with Crippen molar-refractivity contribution in [3.8, 4) is 0 Å². The van der Waals surface area contributed by atoms with E-state index in [1.54, 1.807) is 46.6 Å². The summed E-state index contributed by atoms with van der Waals surface area (Å²) in [5.74, 6) is -0.531. The SMILES string of the molecule is O=C(C1CCN(c2ccccc2[N+](=O)[O-])CC1)N(Cc1cccs1)c1ccc(F)cc1. The molecule has 0 unspecified atom stereocenters. The zero-order valence-corrected chi connectivity index (χ0v) is 17.6. The Bertz CT molecular complexity index is 1050. The number of piperidine rings is 1. The van der Waals surface area contributed by atoms with E-state index in [2.05, 4.69) is 0 Å². The molecule has 3 aromatic rings. The van der Waals surface area contributed by atoms with E-state index in [0.717, 1.165) is 4.88 Å². The highest BCUT2D eigenvalue weighted by molar-refractivity contribution is 7.09. The number of anilines is 2. The molecule has 0 aliphatic carbocycles. The van der Waals surface area contributed by atoms with Gasteiger partial charge < -0.3 is 9.80 Å². The Morgan fingerprint density at radius 2 is 1.81 bits per heavy atom. The lowest BCUT2D eigenvalue weighted by Crippen LogP contribution is -2.42. The lowest BCUT2D eigenvalue weighted by molar-refractivity contribution is -0.384. The number of para-hydroxylation sites is 2. The van der Waals surface area contributed by atoms with Gasteiger partial charge in [-0.2, -0.15) is 0 Å². The Morgan fingerprint density at radius 3 is 2.45 bits per heavy atom. The van der Waals surface area contributed by atoms with Gasteiger partial charge in [-0.3, -0.25) is 14.9 Å². The van der Waals surface area contributed by atoms with E-state index in [-0.39, 0.29) is 28.3 Å². The molecule has 0 N–H and O–H groups in total. The lowest BCUT2D eigenvalue weighted by Gasteiger charge is -2.35. The number of carbonyl (C=O) groups is 1. The number of amides is 1. The molecule has 1 aliphatic heterocycles. The summed E-state index contributed by atoms with van der Waals surface area (Å²) in [6, 6.07) is 16.6. The number of benzene rings is 2. The van der Waals surface area contributed by atoms with Crippen molar-refractivity contribution in [2.45, 2.75) is 19.4 Å². The van der Waals surface area contributed by atoms with Crippen LogP contribution >= 0.6 is 11.3 Å². The molecule has 8 heteroatoms. The van der Waals surface area contributed by atoms with Crippen LogP contribution in [0.1, 0.15) is 17.7 Å². The maximum atomic E-state index is 13.4. The van der Waals surface area contributed by atoms with Crippen LogP contribution in [-0.4, -0.2) is 23.9 Å². The summed E-state index contributed by atoms with van der Waals surface area (Å²) >= 11 is 1.58. The molecule has 6 nitrogen and oxygen atoms in total. The fraction of sp³-hybridized carbons (Fsp3) is 0.261. The molecule has 1 aromatic heterocycles. The van der Waals surface area contributed by atoms with Gasteiger partial charge in [0.1, 0.15) is 11.5 Å². The van der Waals surface area contributed by atoms with Crippen LogP contribution in [0.15, 0.2) is 66.0 Å². The molecule has 2 heterocycles. The van der Waals surface area contributed by atoms with Gasteiger partial charge in [-0.15, -0.1) is 11.3 Å². The molecule has 1 amide bonds. The molecule has 1 fully saturated rings. The molecule has 2 aromatic carbocycles. The predicted octanol–water partition coefficient (Wildman–Crippen LogP) is 5.25. The second-order valence-electron chi connectivity index (χ2n) is 7.49. The number of nitrogens with zero attached hydrogens (tertiary/aromatic N) is 3. The Labute approximate surface area is 183 Å². The maximum absolute atomic E-state index is 13.4. The van der Waals surface area contributed by atoms with E-state index >= 15 is 0 Å². The van der Waals surface area contributed by atoms with Crippen LogP contribution in [0.4, 0.5) is 21.5 Å². The van der Waals surface area contributed by atoms with Crippen molar-refractivity contribution < 1.29 is 14.1 Å². The summed E-state index contributed by atoms with van der Waals surface area (Å²) in [4.78, 5) is 29.2. The first-order valence-electron chi connectivity index (χ1n) is 10.1. The van der Waals surface area contributed by atoms with Crippen LogP contribution in [0.2, 0.25) is 0 Å². The molecule has 0 atom stereocenters. The fourth-order valence-corrected chi connectivity index (χ4v) is 4.64. The number of hydrogen-bond donors (Lipinski definition) is 0. The number of rotatable bonds is 6. The van der Waals surface area contributed by atoms with Crippen LogP contribution in [0.5, 0.6) is 0 Å². The van der Waals surface area contributed by atoms with Gasteiger partial charge in [-0.25, -0.2) is 4.39 Å². The molecular formula is C23H22FN3O3S. The van der Waals surface area contributed by atoms with E-state index in [0.29, 0.717) is 43.9 Å². The number of nitro groups is 1. The van der Waals surface area contributed by atoms with Crippen molar-refractivity contribution >= 4 is 34.3 Å². The van der Waals surface area contributed by atoms with E-state index < -0.39 is 0 Å². The number of hydrogen-bond acceptors (Lipinski definition) is 5. The summed E-state index contributed by atoms with van der Waals surface area (Å²) in [5, 5.41) is 13.3. The predicted molar refractivity (Wildman–Crippen MR) is 120 cm³/mol. The first kappa shape index (κ1) is 21.0. The second kappa shape index (κ2) is 9.26. The minimum Gasteiger partial charge on any atom is -0.366 e. The topological polar surface area (TPSA) is 66.7 Å². The third kappa shape index (κ3) is 4.74. The van der Waals surface area contributed by atoms with Crippen molar-refractivity contribution in [1.29, 1.82) is 0 Å². The highest BCUT2D eigenvalue weighted by Crippen LogP contribution is 2.32. The number of nitro benzene ring substituents is 1. The van der Waals surface area contributed by atoms with Crippen LogP contribution in [-0.2, 0) is 11.3 Å². The number of thiophene rings is 1. The Balaban J connectivity index is 1.50. The summed E-state index contributed by atoms with van der Waals surface area (Å²) in [5.41, 5.74) is 1.34. The Morgan fingerprint density at radius 1 is 1.10 bits per heavy atom. The number of carbonyl (C=O) groups excluding carboxylic acids is 1. The van der Waals surface area contributed by atoms with Gasteiger partial charge in [0, 0.05) is 35.6 Å². The minimum absolute atomic E-state index is 0.00206. The maximum Gasteiger partial charge on any atom is 0.292 e. The first-order valence-corrected chi connectivity index (χ1v) is 11.0. The molecule has 4 rings (SSSR count). The van der Waals surface area contributed by atoms with Crippen LogP contribution in [0.3, 0.4) is 0 Å². The Kier molecular flexibility index (Phi) is 6.27. The smallest absolute Gasteiger partial charge is 0.292 e. The standard InChI is InChI=1S/C23H22FN3O3S/c24-18-7-9-19(10-8-18)26(16-20-4-3-15-31-20)23(28)17-11-13-25(14-12-17)21-5-1-2-6-22(21)27(29)30/h1-10,15,17H,11-14,16H2. The van der Waals surface area contributed by atoms with Crippen molar-refractivity contribution in [2.24, 2.45) is 5.92 Å². The summed E-state index contributed by atoms with van der Waals surface area (Å²) in [6.07, 6.45) is 1.21. The molecular weight excluding hydrogens is 417 g/mol. The van der Waals surface area contributed by atoms with Crippen LogP contribution in [0.25, 0.3) is 0 Å². The summed E-state index contributed by atoms with van der Waals surface area (Å²) < 4.78 is 13.4. The average Bonchev–Trinajstić information content (AvgIpc) is 3.31. The molecule has 1 saturated heterocycles. The second-order valence-corrected chi connectivity index (χ2v) is 8.52. The van der Waals surface area contributed by atoms with Gasteiger partial charge in [-0.1, -0.05) is 18.2 Å². The largest absolute Gasteiger partial charge is 0.366 e. The van der Waals surface area contributed by atoms with E-state index in [1.807, 2.05) is 22.4 Å². The third-order valence-corrected chi connectivity index (χ3v) is 6.42. The monoisotopic (exact) mass is 439 g/mol. The van der Waals surface area contributed by atoms with E-state index in [9.17, 15) is 19.3 Å². The molecule has 0 spiro atoms. The van der Waals surface area contributed by atoms with Crippen molar-refractivity contribution in [3.05, 3.63) is 86.9 Å². The third-order valence-electron chi connectivity index (χ3n) is 5.56. The molecule has 0 bridgehead atoms. The molecule has 0 saturated carbocycles. The summed E-state index contributed by atoms with van der Waals surface area (Å²) in [6.45, 7) is 1.57. The van der Waals surface area contributed by atoms with Gasteiger partial charge in [0.05, 0.1) is 11.5 Å². The van der Waals surface area contributed by atoms with Crippen molar-refractivity contribution in [2.75, 3.05) is 22.9 Å². The lowest BCUT2D eigenvalue weighted by atomic mass is 9.94. The van der Waals surface area contributed by atoms with Crippen molar-refractivity contribution in [1.82, 2.24) is 0 Å². The van der Waals surface area contributed by atoms with Gasteiger partial charge >= 0.3 is 0 Å². The first-order chi connectivity index (χ1) is 15.0. The molecule has 31 heavy (non-hydrogen) atoms. The molecule has 160 valence electrons. The normalized spacial score (nSPS) is 14.4. The Hall–Kier alpha value is -3.26. The summed E-state index contributed by atoms with van der Waals surface area (Å²) in [7, 11) is 0. The van der Waals surface area contributed by atoms with Gasteiger partial charge in [0.25, 0.3) is 5.69 Å². The van der Waals surface area contributed by atoms with E-state index in [1.165, 1.54) is 18.2 Å². The van der Waals surface area contributed by atoms with Crippen LogP contribution in [0, 0.1) is 21.8 Å². The molecule has 1 aliphatic rings. The van der Waals surface area contributed by atoms with Gasteiger partial charge in [-0.05, 0) is 54.6 Å². The van der Waals surface area contributed by atoms with Gasteiger partial charge in [0.15, 0.2) is 0 Å². The quantitative estimate of drug-likeness (QED) is 0.389. The zero-order valence-electron chi connectivity index (χ0n) is 16.8. The zero-order chi connectivity index (χ0) is 21.8. The molecule has 0 radical (unpaired) electrons. The van der Waals surface area contributed by atoms with Crippen LogP contribution < -0.4 is 9.80 Å². The fourth-order valence-electron chi connectivity index (χ4n) is 3.95. The highest BCUT2D eigenvalue weighted by Gasteiger charge is 2.31. The minimum atomic E-state index is -0.371. The number of halogens is 1. The average molecular weight is 440 g/mol. The van der Waals surface area contributed by atoms with Crippen molar-refractivity contribution in [3.63, 3.8) is 0 Å².